The van der Waals surface area contributed by atoms with Crippen LogP contribution in [0.15, 0.2) is 42.7 Å². The Bertz CT molecular complexity index is 668. The summed E-state index contributed by atoms with van der Waals surface area (Å²) < 4.78 is 65.2. The van der Waals surface area contributed by atoms with Crippen molar-refractivity contribution in [1.82, 2.24) is 4.98 Å². The number of halogens is 5. The number of pyridine rings is 1. The lowest BCUT2D eigenvalue weighted by molar-refractivity contribution is -0.360. The molecule has 1 heterocycles. The van der Waals surface area contributed by atoms with Gasteiger partial charge in [-0.3, -0.25) is 9.78 Å². The van der Waals surface area contributed by atoms with Gasteiger partial charge in [0, 0.05) is 23.5 Å². The zero-order valence-corrected chi connectivity index (χ0v) is 10.8. The van der Waals surface area contributed by atoms with E-state index in [2.05, 4.69) is 9.72 Å². The van der Waals surface area contributed by atoms with Gasteiger partial charge in [-0.05, 0) is 23.8 Å². The van der Waals surface area contributed by atoms with Crippen LogP contribution in [0.3, 0.4) is 0 Å². The first-order chi connectivity index (χ1) is 10.2. The van der Waals surface area contributed by atoms with Crippen molar-refractivity contribution in [3.05, 3.63) is 48.3 Å². The molecule has 0 N–H and O–H groups in total. The molecule has 0 saturated carbocycles. The van der Waals surface area contributed by atoms with Crippen LogP contribution >= 0.6 is 0 Å². The number of carbonyl (C=O) groups excluding carboxylic acids is 1. The summed E-state index contributed by atoms with van der Waals surface area (Å²) in [6.07, 6.45) is -7.73. The molecule has 0 fully saturated rings. The van der Waals surface area contributed by atoms with Gasteiger partial charge in [0.25, 0.3) is 0 Å². The molecule has 0 amide bonds. The Balaban J connectivity index is 2.22. The first-order valence-corrected chi connectivity index (χ1v) is 5.87. The lowest BCUT2D eigenvalue weighted by atomic mass is 10.1. The maximum absolute atomic E-state index is 12.7. The van der Waals surface area contributed by atoms with E-state index >= 15 is 0 Å². The van der Waals surface area contributed by atoms with Crippen LogP contribution in [0.25, 0.3) is 11.1 Å². The van der Waals surface area contributed by atoms with Crippen molar-refractivity contribution in [3.63, 3.8) is 0 Å². The first-order valence-electron chi connectivity index (χ1n) is 5.87. The highest BCUT2D eigenvalue weighted by Crippen LogP contribution is 2.37. The number of hydrogen-bond donors (Lipinski definition) is 0. The molecule has 22 heavy (non-hydrogen) atoms. The van der Waals surface area contributed by atoms with Crippen molar-refractivity contribution < 1.29 is 31.5 Å². The van der Waals surface area contributed by atoms with Crippen LogP contribution in [-0.2, 0) is 0 Å². The molecule has 0 saturated heterocycles. The number of carbonyl (C=O) groups is 1. The van der Waals surface area contributed by atoms with Crippen molar-refractivity contribution in [2.24, 2.45) is 0 Å². The maximum Gasteiger partial charge on any atom is 0.499 e. The highest BCUT2D eigenvalue weighted by atomic mass is 19.4. The number of nitrogens with zero attached hydrogens (tertiary/aromatic N) is 1. The van der Waals surface area contributed by atoms with Gasteiger partial charge in [0.05, 0.1) is 0 Å². The van der Waals surface area contributed by atoms with E-state index in [1.54, 1.807) is 0 Å². The molecule has 8 heteroatoms. The molecule has 3 nitrogen and oxygen atoms in total. The topological polar surface area (TPSA) is 39.2 Å². The van der Waals surface area contributed by atoms with Gasteiger partial charge in [0.1, 0.15) is 5.75 Å². The molecule has 1 aromatic carbocycles. The molecule has 116 valence electrons. The van der Waals surface area contributed by atoms with Gasteiger partial charge in [0.15, 0.2) is 6.29 Å². The summed E-state index contributed by atoms with van der Waals surface area (Å²) in [5.41, 5.74) is 1.30. The summed E-state index contributed by atoms with van der Waals surface area (Å²) in [6.45, 7) is 0. The fourth-order valence-electron chi connectivity index (χ4n) is 1.60. The Kier molecular flexibility index (Phi) is 4.11. The monoisotopic (exact) mass is 317 g/mol. The SMILES string of the molecule is O=Cc1cncc(-c2ccc(OC(F)(F)C(F)(F)F)cc2)c1. The average Bonchev–Trinajstić information content (AvgIpc) is 2.46. The number of hydrogen-bond acceptors (Lipinski definition) is 3. The average molecular weight is 317 g/mol. The van der Waals surface area contributed by atoms with Gasteiger partial charge in [0.2, 0.25) is 0 Å². The molecule has 0 radical (unpaired) electrons. The minimum atomic E-state index is -5.80. The number of benzene rings is 1. The van der Waals surface area contributed by atoms with E-state index in [9.17, 15) is 26.7 Å². The fourth-order valence-corrected chi connectivity index (χ4v) is 1.60. The number of ether oxygens (including phenoxy) is 1. The van der Waals surface area contributed by atoms with Crippen molar-refractivity contribution in [2.75, 3.05) is 0 Å². The van der Waals surface area contributed by atoms with Gasteiger partial charge in [-0.25, -0.2) is 0 Å². The lowest BCUT2D eigenvalue weighted by Gasteiger charge is -2.20. The highest BCUT2D eigenvalue weighted by molar-refractivity contribution is 5.78. The van der Waals surface area contributed by atoms with Crippen LogP contribution in [0.2, 0.25) is 0 Å². The molecule has 2 aromatic rings. The second-order valence-corrected chi connectivity index (χ2v) is 4.27. The molecule has 2 rings (SSSR count). The van der Waals surface area contributed by atoms with Crippen LogP contribution in [-0.4, -0.2) is 23.6 Å². The quantitative estimate of drug-likeness (QED) is 0.630. The number of rotatable bonds is 4. The van der Waals surface area contributed by atoms with Crippen molar-refractivity contribution >= 4 is 6.29 Å². The van der Waals surface area contributed by atoms with Crippen molar-refractivity contribution in [1.29, 1.82) is 0 Å². The minimum absolute atomic E-state index is 0.307. The summed E-state index contributed by atoms with van der Waals surface area (Å²) in [4.78, 5) is 14.5. The smallest absolute Gasteiger partial charge is 0.426 e. The standard InChI is InChI=1S/C14H8F5NO2/c15-13(16,17)14(18,19)22-12-3-1-10(2-4-12)11-5-9(8-21)6-20-7-11/h1-8H. The number of aldehydes is 1. The Morgan fingerprint density at radius 2 is 1.59 bits per heavy atom. The molecule has 0 bridgehead atoms. The first kappa shape index (κ1) is 15.9. The Labute approximate surface area is 121 Å². The van der Waals surface area contributed by atoms with Crippen LogP contribution in [0, 0.1) is 0 Å². The molecule has 0 aliphatic heterocycles. The normalized spacial score (nSPS) is 12.0. The number of alkyl halides is 5. The Morgan fingerprint density at radius 3 is 2.14 bits per heavy atom. The zero-order chi connectivity index (χ0) is 16.4. The van der Waals surface area contributed by atoms with E-state index in [4.69, 9.17) is 0 Å². The Hall–Kier alpha value is -2.51. The minimum Gasteiger partial charge on any atom is -0.426 e. The van der Waals surface area contributed by atoms with Crippen LogP contribution in [0.1, 0.15) is 10.4 Å². The van der Waals surface area contributed by atoms with E-state index in [-0.39, 0.29) is 0 Å². The van der Waals surface area contributed by atoms with Crippen LogP contribution < -0.4 is 4.74 Å². The second-order valence-electron chi connectivity index (χ2n) is 4.27. The van der Waals surface area contributed by atoms with Crippen LogP contribution in [0.4, 0.5) is 22.0 Å². The summed E-state index contributed by atoms with van der Waals surface area (Å²) in [5.74, 6) is -0.634. The molecule has 0 atom stereocenters. The van der Waals surface area contributed by atoms with E-state index in [1.807, 2.05) is 0 Å². The predicted molar refractivity (Wildman–Crippen MR) is 66.7 cm³/mol. The molecule has 0 spiro atoms. The van der Waals surface area contributed by atoms with E-state index in [1.165, 1.54) is 30.6 Å². The molecular formula is C14H8F5NO2. The third-order valence-electron chi connectivity index (χ3n) is 2.66. The van der Waals surface area contributed by atoms with Gasteiger partial charge in [-0.1, -0.05) is 12.1 Å². The fraction of sp³-hybridized carbons (Fsp3) is 0.143. The van der Waals surface area contributed by atoms with Gasteiger partial charge >= 0.3 is 12.3 Å². The largest absolute Gasteiger partial charge is 0.499 e. The predicted octanol–water partition coefficient (Wildman–Crippen LogP) is 4.10. The van der Waals surface area contributed by atoms with Gasteiger partial charge in [-0.2, -0.15) is 22.0 Å². The molecule has 0 unspecified atom stereocenters. The summed E-state index contributed by atoms with van der Waals surface area (Å²) in [7, 11) is 0. The van der Waals surface area contributed by atoms with Crippen molar-refractivity contribution in [3.8, 4) is 16.9 Å². The Morgan fingerprint density at radius 1 is 0.955 bits per heavy atom. The molecular weight excluding hydrogens is 309 g/mol. The van der Waals surface area contributed by atoms with Crippen LogP contribution in [0.5, 0.6) is 5.75 Å². The third-order valence-corrected chi connectivity index (χ3v) is 2.66. The maximum atomic E-state index is 12.7. The summed E-state index contributed by atoms with van der Waals surface area (Å²) in [6, 6.07) is 6.02. The third kappa shape index (κ3) is 3.38. The molecule has 0 aliphatic rings. The van der Waals surface area contributed by atoms with Gasteiger partial charge < -0.3 is 4.74 Å². The molecule has 0 aliphatic carbocycles. The molecule has 1 aromatic heterocycles. The highest BCUT2D eigenvalue weighted by Gasteiger charge is 2.61. The van der Waals surface area contributed by atoms with E-state index in [0.717, 1.165) is 12.1 Å². The summed E-state index contributed by atoms with van der Waals surface area (Å²) >= 11 is 0. The lowest BCUT2D eigenvalue weighted by Crippen LogP contribution is -2.41. The van der Waals surface area contributed by atoms with Crippen molar-refractivity contribution in [2.45, 2.75) is 12.3 Å². The summed E-state index contributed by atoms with van der Waals surface area (Å²) in [5, 5.41) is 0. The second kappa shape index (κ2) is 5.70. The van der Waals surface area contributed by atoms with E-state index in [0.29, 0.717) is 23.0 Å². The zero-order valence-electron chi connectivity index (χ0n) is 10.8. The number of aromatic nitrogens is 1. The van der Waals surface area contributed by atoms with Gasteiger partial charge in [-0.15, -0.1) is 0 Å². The van der Waals surface area contributed by atoms with E-state index < -0.39 is 18.0 Å².